The molecule has 0 saturated carbocycles. The quantitative estimate of drug-likeness (QED) is 0.798. The number of ether oxygens (including phenoxy) is 2. The molecule has 0 bridgehead atoms. The van der Waals surface area contributed by atoms with Gasteiger partial charge in [0.2, 0.25) is 0 Å². The molecule has 1 saturated heterocycles. The van der Waals surface area contributed by atoms with Crippen LogP contribution < -0.4 is 10.1 Å². The summed E-state index contributed by atoms with van der Waals surface area (Å²) in [5, 5.41) is 2.56. The van der Waals surface area contributed by atoms with Crippen molar-refractivity contribution in [1.29, 1.82) is 0 Å². The lowest BCUT2D eigenvalue weighted by molar-refractivity contribution is -0.135. The highest BCUT2D eigenvalue weighted by Gasteiger charge is 2.32. The first-order valence-corrected chi connectivity index (χ1v) is 9.89. The van der Waals surface area contributed by atoms with Crippen molar-refractivity contribution in [2.75, 3.05) is 20.2 Å². The van der Waals surface area contributed by atoms with Gasteiger partial charge in [0, 0.05) is 18.0 Å². The van der Waals surface area contributed by atoms with Gasteiger partial charge in [-0.15, -0.1) is 11.3 Å². The molecule has 8 heteroatoms. The number of carbonyl (C=O) groups is 3. The smallest absolute Gasteiger partial charge is 0.349 e. The molecular weight excluding hydrogens is 380 g/mol. The number of rotatable bonds is 4. The Morgan fingerprint density at radius 2 is 2.00 bits per heavy atom. The van der Waals surface area contributed by atoms with Gasteiger partial charge in [-0.2, -0.15) is 0 Å². The number of nitrogens with zero attached hydrogens (tertiary/aromatic N) is 1. The summed E-state index contributed by atoms with van der Waals surface area (Å²) in [7, 11) is 1.64. The number of amides is 3. The maximum atomic E-state index is 12.6. The first-order valence-electron chi connectivity index (χ1n) is 9.08. The highest BCUT2D eigenvalue weighted by atomic mass is 32.1. The van der Waals surface area contributed by atoms with Crippen molar-refractivity contribution in [2.24, 2.45) is 0 Å². The van der Waals surface area contributed by atoms with Crippen molar-refractivity contribution in [3.63, 3.8) is 0 Å². The SMILES string of the molecule is COc1ccc2c(c1)CCc1cc(C(=O)O[C@@H](C)C(=O)N3CCNC3=O)sc1-2. The second-order valence-electron chi connectivity index (χ2n) is 6.76. The van der Waals surface area contributed by atoms with Crippen molar-refractivity contribution in [3.8, 4) is 16.2 Å². The molecule has 2 aliphatic rings. The minimum atomic E-state index is -1.02. The van der Waals surface area contributed by atoms with Gasteiger partial charge in [0.25, 0.3) is 5.91 Å². The van der Waals surface area contributed by atoms with E-state index in [4.69, 9.17) is 9.47 Å². The van der Waals surface area contributed by atoms with E-state index in [0.717, 1.165) is 39.5 Å². The van der Waals surface area contributed by atoms with Gasteiger partial charge in [0.15, 0.2) is 6.10 Å². The third-order valence-corrected chi connectivity index (χ3v) is 6.18. The number of nitrogens with one attached hydrogen (secondary N) is 1. The zero-order valence-electron chi connectivity index (χ0n) is 15.6. The summed E-state index contributed by atoms with van der Waals surface area (Å²) in [5.74, 6) is -0.242. The maximum Gasteiger partial charge on any atom is 0.349 e. The number of hydrogen-bond acceptors (Lipinski definition) is 6. The Kier molecular flexibility index (Phi) is 4.80. The van der Waals surface area contributed by atoms with Gasteiger partial charge in [0.1, 0.15) is 10.6 Å². The van der Waals surface area contributed by atoms with Crippen LogP contribution in [-0.2, 0) is 22.4 Å². The van der Waals surface area contributed by atoms with E-state index >= 15 is 0 Å². The molecule has 0 spiro atoms. The highest BCUT2D eigenvalue weighted by molar-refractivity contribution is 7.17. The van der Waals surface area contributed by atoms with E-state index in [2.05, 4.69) is 5.32 Å². The monoisotopic (exact) mass is 400 g/mol. The third kappa shape index (κ3) is 3.24. The minimum Gasteiger partial charge on any atom is -0.497 e. The lowest BCUT2D eigenvalue weighted by atomic mass is 9.91. The van der Waals surface area contributed by atoms with Crippen LogP contribution in [0.4, 0.5) is 4.79 Å². The molecule has 1 N–H and O–H groups in total. The van der Waals surface area contributed by atoms with Crippen molar-refractivity contribution >= 4 is 29.2 Å². The van der Waals surface area contributed by atoms with Gasteiger partial charge >= 0.3 is 12.0 Å². The van der Waals surface area contributed by atoms with Crippen LogP contribution in [0.15, 0.2) is 24.3 Å². The van der Waals surface area contributed by atoms with E-state index in [1.165, 1.54) is 23.8 Å². The van der Waals surface area contributed by atoms with Gasteiger partial charge in [-0.05, 0) is 60.7 Å². The fraction of sp³-hybridized carbons (Fsp3) is 0.350. The Bertz CT molecular complexity index is 968. The normalized spacial score (nSPS) is 16.1. The lowest BCUT2D eigenvalue weighted by Gasteiger charge is -2.17. The van der Waals surface area contributed by atoms with Crippen molar-refractivity contribution in [2.45, 2.75) is 25.9 Å². The molecule has 0 radical (unpaired) electrons. The first kappa shape index (κ1) is 18.5. The van der Waals surface area contributed by atoms with Crippen LogP contribution in [0.1, 0.15) is 27.7 Å². The predicted octanol–water partition coefficient (Wildman–Crippen LogP) is 2.62. The Hall–Kier alpha value is -2.87. The Morgan fingerprint density at radius 3 is 2.71 bits per heavy atom. The van der Waals surface area contributed by atoms with E-state index in [0.29, 0.717) is 11.4 Å². The molecule has 1 aliphatic heterocycles. The van der Waals surface area contributed by atoms with Crippen LogP contribution >= 0.6 is 11.3 Å². The fourth-order valence-corrected chi connectivity index (χ4v) is 4.66. The van der Waals surface area contributed by atoms with E-state index in [-0.39, 0.29) is 6.54 Å². The molecule has 1 aromatic carbocycles. The molecule has 7 nitrogen and oxygen atoms in total. The number of urea groups is 1. The Labute approximate surface area is 166 Å². The number of esters is 1. The van der Waals surface area contributed by atoms with E-state index in [1.54, 1.807) is 7.11 Å². The zero-order valence-corrected chi connectivity index (χ0v) is 16.4. The van der Waals surface area contributed by atoms with Gasteiger partial charge < -0.3 is 14.8 Å². The number of methoxy groups -OCH3 is 1. The zero-order chi connectivity index (χ0) is 19.8. The number of hydrogen-bond donors (Lipinski definition) is 1. The third-order valence-electron chi connectivity index (χ3n) is 4.99. The molecule has 1 aliphatic carbocycles. The number of benzene rings is 1. The summed E-state index contributed by atoms with van der Waals surface area (Å²) in [6.45, 7) is 2.18. The van der Waals surface area contributed by atoms with Gasteiger partial charge in [-0.25, -0.2) is 9.59 Å². The van der Waals surface area contributed by atoms with Crippen LogP contribution in [0.25, 0.3) is 10.4 Å². The van der Waals surface area contributed by atoms with Gasteiger partial charge in [-0.3, -0.25) is 9.69 Å². The number of imide groups is 1. The van der Waals surface area contributed by atoms with Crippen LogP contribution in [-0.4, -0.2) is 49.1 Å². The summed E-state index contributed by atoms with van der Waals surface area (Å²) in [5.41, 5.74) is 3.40. The second-order valence-corrected chi connectivity index (χ2v) is 7.81. The molecule has 4 rings (SSSR count). The maximum absolute atomic E-state index is 12.6. The summed E-state index contributed by atoms with van der Waals surface area (Å²) in [4.78, 5) is 39.1. The molecule has 2 aromatic rings. The van der Waals surface area contributed by atoms with Crippen molar-refractivity contribution < 1.29 is 23.9 Å². The Morgan fingerprint density at radius 1 is 1.21 bits per heavy atom. The van der Waals surface area contributed by atoms with E-state index in [1.807, 2.05) is 24.3 Å². The summed E-state index contributed by atoms with van der Waals surface area (Å²) in [6, 6.07) is 7.34. The molecule has 146 valence electrons. The fourth-order valence-electron chi connectivity index (χ4n) is 3.51. The number of aryl methyl sites for hydroxylation is 2. The molecule has 1 fully saturated rings. The molecule has 2 heterocycles. The molecule has 1 aromatic heterocycles. The lowest BCUT2D eigenvalue weighted by Crippen LogP contribution is -2.41. The van der Waals surface area contributed by atoms with Crippen LogP contribution in [0.3, 0.4) is 0 Å². The Balaban J connectivity index is 1.51. The predicted molar refractivity (Wildman–Crippen MR) is 104 cm³/mol. The average molecular weight is 400 g/mol. The molecular formula is C20H20N2O5S. The number of thiophene rings is 1. The van der Waals surface area contributed by atoms with Crippen LogP contribution in [0.5, 0.6) is 5.75 Å². The van der Waals surface area contributed by atoms with Crippen LogP contribution in [0.2, 0.25) is 0 Å². The van der Waals surface area contributed by atoms with Crippen LogP contribution in [0, 0.1) is 0 Å². The topological polar surface area (TPSA) is 84.9 Å². The minimum absolute atomic E-state index is 0.285. The summed E-state index contributed by atoms with van der Waals surface area (Å²) >= 11 is 1.37. The van der Waals surface area contributed by atoms with Crippen molar-refractivity contribution in [3.05, 3.63) is 40.3 Å². The largest absolute Gasteiger partial charge is 0.497 e. The first-order chi connectivity index (χ1) is 13.5. The molecule has 28 heavy (non-hydrogen) atoms. The summed E-state index contributed by atoms with van der Waals surface area (Å²) < 4.78 is 10.6. The standard InChI is InChI=1S/C20H20N2O5S/c1-11(18(23)22-8-7-21-20(22)25)27-19(24)16-10-13-4-3-12-9-14(26-2)5-6-15(12)17(13)28-16/h5-6,9-11H,3-4,7-8H2,1-2H3,(H,21,25)/t11-/m0/s1. The van der Waals surface area contributed by atoms with Gasteiger partial charge in [0.05, 0.1) is 7.11 Å². The average Bonchev–Trinajstić information content (AvgIpc) is 3.33. The van der Waals surface area contributed by atoms with Crippen molar-refractivity contribution in [1.82, 2.24) is 10.2 Å². The molecule has 1 atom stereocenters. The highest BCUT2D eigenvalue weighted by Crippen LogP contribution is 2.41. The second kappa shape index (κ2) is 7.27. The number of fused-ring (bicyclic) bond motifs is 3. The summed E-state index contributed by atoms with van der Waals surface area (Å²) in [6.07, 6.45) is 0.692. The molecule has 0 unspecified atom stereocenters. The van der Waals surface area contributed by atoms with Gasteiger partial charge in [-0.1, -0.05) is 0 Å². The van der Waals surface area contributed by atoms with E-state index in [9.17, 15) is 14.4 Å². The molecule has 3 amide bonds. The number of carbonyl (C=O) groups excluding carboxylic acids is 3. The van der Waals surface area contributed by atoms with E-state index < -0.39 is 24.0 Å².